The predicted octanol–water partition coefficient (Wildman–Crippen LogP) is 3.93. The summed E-state index contributed by atoms with van der Waals surface area (Å²) in [6, 6.07) is 13.8. The lowest BCUT2D eigenvalue weighted by molar-refractivity contribution is -0.146. The van der Waals surface area contributed by atoms with Gasteiger partial charge in [-0.05, 0) is 28.7 Å². The summed E-state index contributed by atoms with van der Waals surface area (Å²) < 4.78 is 10.5. The molecule has 0 bridgehead atoms. The van der Waals surface area contributed by atoms with Crippen LogP contribution in [-0.2, 0) is 23.9 Å². The zero-order chi connectivity index (χ0) is 28.8. The number of hydrogen-bond acceptors (Lipinski definition) is 10. The van der Waals surface area contributed by atoms with Gasteiger partial charge in [0, 0.05) is 35.5 Å². The molecule has 2 N–H and O–H groups in total. The number of carbonyl (C=O) groups is 4. The van der Waals surface area contributed by atoms with Gasteiger partial charge < -0.3 is 25.0 Å². The first-order valence-corrected chi connectivity index (χ1v) is 18.2. The van der Waals surface area contributed by atoms with E-state index >= 15 is 0 Å². The Balaban J connectivity index is 1.26. The summed E-state index contributed by atoms with van der Waals surface area (Å²) in [4.78, 5) is 53.9. The standard InChI is InChI=1S/C28H31N3O6S4/c1-36-27(34)23-16-41-38-12-10-24(25(32)29-23)31-11-13-39-40-15-22(26(31)33)30-28(35)37-14-21-19-8-4-2-6-17(19)18-7-3-5-9-20(18)21/h2-9,21-24H,10-16H2,1H3,(H,29,32)(H,30,35)/t22-,23-,24?/m0/s1. The molecule has 2 saturated heterocycles. The van der Waals surface area contributed by atoms with Crippen LogP contribution in [0.25, 0.3) is 11.1 Å². The Labute approximate surface area is 254 Å². The van der Waals surface area contributed by atoms with E-state index in [1.807, 2.05) is 24.3 Å². The number of ether oxygens (including phenoxy) is 2. The quantitative estimate of drug-likeness (QED) is 0.371. The highest BCUT2D eigenvalue weighted by Gasteiger charge is 2.38. The van der Waals surface area contributed by atoms with E-state index < -0.39 is 36.1 Å². The van der Waals surface area contributed by atoms with Crippen molar-refractivity contribution >= 4 is 67.1 Å². The second kappa shape index (κ2) is 14.1. The van der Waals surface area contributed by atoms with Gasteiger partial charge in [-0.15, -0.1) is 0 Å². The Morgan fingerprint density at radius 1 is 0.951 bits per heavy atom. The summed E-state index contributed by atoms with van der Waals surface area (Å²) in [7, 11) is 7.42. The Kier molecular flexibility index (Phi) is 10.3. The van der Waals surface area contributed by atoms with Gasteiger partial charge in [-0.25, -0.2) is 9.59 Å². The van der Waals surface area contributed by atoms with Gasteiger partial charge in [0.25, 0.3) is 0 Å². The largest absolute Gasteiger partial charge is 0.467 e. The van der Waals surface area contributed by atoms with E-state index in [0.717, 1.165) is 22.3 Å². The van der Waals surface area contributed by atoms with Crippen LogP contribution in [0, 0.1) is 0 Å². The lowest BCUT2D eigenvalue weighted by Gasteiger charge is -2.35. The van der Waals surface area contributed by atoms with Gasteiger partial charge in [0.05, 0.1) is 7.11 Å². The predicted molar refractivity (Wildman–Crippen MR) is 166 cm³/mol. The van der Waals surface area contributed by atoms with Gasteiger partial charge in [0.15, 0.2) is 0 Å². The number of amides is 3. The first-order valence-electron chi connectivity index (χ1n) is 13.3. The molecular formula is C28H31N3O6S4. The van der Waals surface area contributed by atoms with Crippen molar-refractivity contribution in [3.05, 3.63) is 59.7 Å². The van der Waals surface area contributed by atoms with Gasteiger partial charge >= 0.3 is 12.1 Å². The number of rotatable bonds is 5. The average Bonchev–Trinajstić information content (AvgIpc) is 3.34. The first-order chi connectivity index (χ1) is 20.0. The molecule has 2 aromatic carbocycles. The Morgan fingerprint density at radius 3 is 2.32 bits per heavy atom. The van der Waals surface area contributed by atoms with Crippen LogP contribution in [0.4, 0.5) is 4.79 Å². The lowest BCUT2D eigenvalue weighted by Crippen LogP contribution is -2.59. The Hall–Kier alpha value is -2.48. The van der Waals surface area contributed by atoms with E-state index in [2.05, 4.69) is 34.9 Å². The minimum atomic E-state index is -0.859. The Bertz CT molecular complexity index is 1250. The third-order valence-corrected chi connectivity index (χ3v) is 12.1. The normalized spacial score (nSPS) is 23.4. The number of esters is 1. The highest BCUT2D eigenvalue weighted by Crippen LogP contribution is 2.44. The van der Waals surface area contributed by atoms with Crippen LogP contribution in [-0.4, -0.2) is 90.2 Å². The van der Waals surface area contributed by atoms with E-state index in [9.17, 15) is 19.2 Å². The van der Waals surface area contributed by atoms with Crippen LogP contribution >= 0.6 is 43.2 Å². The lowest BCUT2D eigenvalue weighted by atomic mass is 9.98. The molecule has 0 saturated carbocycles. The van der Waals surface area contributed by atoms with Crippen LogP contribution < -0.4 is 10.6 Å². The highest BCUT2D eigenvalue weighted by atomic mass is 33.1. The van der Waals surface area contributed by atoms with Crippen LogP contribution in [0.3, 0.4) is 0 Å². The zero-order valence-corrected chi connectivity index (χ0v) is 25.7. The average molecular weight is 634 g/mol. The number of benzene rings is 2. The van der Waals surface area contributed by atoms with Crippen LogP contribution in [0.1, 0.15) is 23.5 Å². The molecule has 2 heterocycles. The zero-order valence-electron chi connectivity index (χ0n) is 22.4. The number of hydrogen-bond donors (Lipinski definition) is 2. The maximum Gasteiger partial charge on any atom is 0.407 e. The van der Waals surface area contributed by atoms with E-state index in [-0.39, 0.29) is 18.4 Å². The molecule has 2 aliphatic heterocycles. The van der Waals surface area contributed by atoms with Crippen molar-refractivity contribution in [3.63, 3.8) is 0 Å². The molecular weight excluding hydrogens is 603 g/mol. The van der Waals surface area contributed by atoms with Crippen molar-refractivity contribution in [2.24, 2.45) is 0 Å². The molecule has 3 aliphatic rings. The molecule has 9 nitrogen and oxygen atoms in total. The second-order valence-corrected chi connectivity index (χ2v) is 14.9. The fourth-order valence-electron chi connectivity index (χ4n) is 5.23. The second-order valence-electron chi connectivity index (χ2n) is 9.66. The number of nitrogens with zero attached hydrogens (tertiary/aromatic N) is 1. The molecule has 218 valence electrons. The molecule has 3 atom stereocenters. The molecule has 3 amide bonds. The van der Waals surface area contributed by atoms with E-state index in [1.165, 1.54) is 28.7 Å². The summed E-state index contributed by atoms with van der Waals surface area (Å²) in [5, 5.41) is 5.54. The molecule has 5 rings (SSSR count). The van der Waals surface area contributed by atoms with Crippen molar-refractivity contribution in [3.8, 4) is 11.1 Å². The van der Waals surface area contributed by atoms with Crippen LogP contribution in [0.2, 0.25) is 0 Å². The van der Waals surface area contributed by atoms with E-state index in [0.29, 0.717) is 36.0 Å². The van der Waals surface area contributed by atoms with Gasteiger partial charge in [-0.2, -0.15) is 0 Å². The Morgan fingerprint density at radius 2 is 1.61 bits per heavy atom. The molecule has 41 heavy (non-hydrogen) atoms. The van der Waals surface area contributed by atoms with Gasteiger partial charge in [-0.1, -0.05) is 91.7 Å². The maximum atomic E-state index is 13.8. The molecule has 13 heteroatoms. The third kappa shape index (κ3) is 6.95. The fourth-order valence-corrected chi connectivity index (χ4v) is 9.58. The van der Waals surface area contributed by atoms with Crippen molar-refractivity contribution < 1.29 is 28.7 Å². The molecule has 1 unspecified atom stereocenters. The third-order valence-electron chi connectivity index (χ3n) is 7.22. The summed E-state index contributed by atoms with van der Waals surface area (Å²) in [5.74, 6) is 0.646. The van der Waals surface area contributed by atoms with Gasteiger partial charge in [0.1, 0.15) is 24.7 Å². The first kappa shape index (κ1) is 30.0. The summed E-state index contributed by atoms with van der Waals surface area (Å²) in [6.07, 6.45) is -0.244. The summed E-state index contributed by atoms with van der Waals surface area (Å²) in [6.45, 7) is 0.485. The number of fused-ring (bicyclic) bond motifs is 3. The minimum absolute atomic E-state index is 0.0942. The molecule has 0 radical (unpaired) electrons. The number of alkyl carbamates (subject to hydrolysis) is 1. The highest BCUT2D eigenvalue weighted by molar-refractivity contribution is 8.77. The molecule has 2 aromatic rings. The number of nitrogens with one attached hydrogen (secondary N) is 2. The minimum Gasteiger partial charge on any atom is -0.467 e. The molecule has 2 fully saturated rings. The molecule has 1 aliphatic carbocycles. The van der Waals surface area contributed by atoms with Crippen LogP contribution in [0.5, 0.6) is 0 Å². The SMILES string of the molecule is COC(=O)[C@@H]1CSSCCC(N2CCSSC[C@H](NC(=O)OCC3c4ccccc4-c4ccccc43)C2=O)C(=O)N1. The smallest absolute Gasteiger partial charge is 0.407 e. The van der Waals surface area contributed by atoms with Crippen molar-refractivity contribution in [1.29, 1.82) is 0 Å². The molecule has 0 aromatic heterocycles. The summed E-state index contributed by atoms with van der Waals surface area (Å²) in [5.41, 5.74) is 4.48. The topological polar surface area (TPSA) is 114 Å². The van der Waals surface area contributed by atoms with Crippen molar-refractivity contribution in [1.82, 2.24) is 15.5 Å². The van der Waals surface area contributed by atoms with Crippen molar-refractivity contribution in [2.75, 3.05) is 43.3 Å². The van der Waals surface area contributed by atoms with Gasteiger partial charge in [0.2, 0.25) is 11.8 Å². The van der Waals surface area contributed by atoms with E-state index in [1.54, 1.807) is 26.5 Å². The summed E-state index contributed by atoms with van der Waals surface area (Å²) >= 11 is 0. The number of methoxy groups -OCH3 is 1. The van der Waals surface area contributed by atoms with Crippen LogP contribution in [0.15, 0.2) is 48.5 Å². The fraction of sp³-hybridized carbons (Fsp3) is 0.429. The van der Waals surface area contributed by atoms with E-state index in [4.69, 9.17) is 9.47 Å². The van der Waals surface area contributed by atoms with Gasteiger partial charge in [-0.3, -0.25) is 9.59 Å². The monoisotopic (exact) mass is 633 g/mol. The number of carbonyl (C=O) groups excluding carboxylic acids is 4. The maximum absolute atomic E-state index is 13.8. The molecule has 0 spiro atoms. The van der Waals surface area contributed by atoms with Crippen molar-refractivity contribution in [2.45, 2.75) is 30.5 Å².